The third-order valence-corrected chi connectivity index (χ3v) is 4.53. The van der Waals surface area contributed by atoms with E-state index in [1.54, 1.807) is 30.5 Å². The lowest BCUT2D eigenvalue weighted by atomic mass is 10.2. The van der Waals surface area contributed by atoms with Crippen LogP contribution in [0.3, 0.4) is 0 Å². The van der Waals surface area contributed by atoms with Crippen LogP contribution >= 0.6 is 23.2 Å². The second-order valence-corrected chi connectivity index (χ2v) is 6.14. The van der Waals surface area contributed by atoms with Crippen molar-refractivity contribution in [3.05, 3.63) is 82.6 Å². The molecule has 0 bridgehead atoms. The van der Waals surface area contributed by atoms with Gasteiger partial charge in [-0.05, 0) is 36.4 Å². The Labute approximate surface area is 156 Å². The zero-order valence-corrected chi connectivity index (χ0v) is 14.9. The minimum absolute atomic E-state index is 0.293. The topological polar surface area (TPSA) is 45.2 Å². The van der Waals surface area contributed by atoms with E-state index < -0.39 is 0 Å². The number of nitrogens with zero attached hydrogens (tertiary/aromatic N) is 2. The van der Waals surface area contributed by atoms with E-state index in [2.05, 4.69) is 10.3 Å². The molecule has 0 aliphatic heterocycles. The molecular weight excluding hydrogens is 357 g/mol. The first-order valence-corrected chi connectivity index (χ1v) is 8.32. The molecule has 1 heterocycles. The minimum Gasteiger partial charge on any atom is -0.343 e. The zero-order valence-electron chi connectivity index (χ0n) is 13.4. The number of amides is 1. The van der Waals surface area contributed by atoms with Crippen LogP contribution in [0.1, 0.15) is 10.5 Å². The molecule has 0 aliphatic rings. The Morgan fingerprint density at radius 3 is 2.40 bits per heavy atom. The van der Waals surface area contributed by atoms with Crippen molar-refractivity contribution in [3.63, 3.8) is 0 Å². The number of nitrogens with one attached hydrogen (secondary N) is 1. The number of anilines is 3. The van der Waals surface area contributed by atoms with Crippen molar-refractivity contribution >= 4 is 46.2 Å². The molecule has 0 saturated heterocycles. The molecule has 126 valence electrons. The molecule has 1 aromatic heterocycles. The van der Waals surface area contributed by atoms with Gasteiger partial charge in [0.1, 0.15) is 5.69 Å². The highest BCUT2D eigenvalue weighted by Gasteiger charge is 2.12. The van der Waals surface area contributed by atoms with Crippen LogP contribution in [0.5, 0.6) is 0 Å². The van der Waals surface area contributed by atoms with E-state index in [0.29, 0.717) is 21.4 Å². The lowest BCUT2D eigenvalue weighted by Crippen LogP contribution is -2.15. The summed E-state index contributed by atoms with van der Waals surface area (Å²) in [6.07, 6.45) is 1.65. The first-order chi connectivity index (χ1) is 12.1. The molecule has 0 unspecified atom stereocenters. The predicted octanol–water partition coefficient (Wildman–Crippen LogP) is 5.41. The molecule has 2 aromatic carbocycles. The summed E-state index contributed by atoms with van der Waals surface area (Å²) in [7, 11) is 1.94. The second kappa shape index (κ2) is 7.55. The minimum atomic E-state index is -0.349. The highest BCUT2D eigenvalue weighted by atomic mass is 35.5. The van der Waals surface area contributed by atoms with E-state index in [1.165, 1.54) is 0 Å². The van der Waals surface area contributed by atoms with Crippen LogP contribution in [-0.2, 0) is 0 Å². The fourth-order valence-corrected chi connectivity index (χ4v) is 2.65. The largest absolute Gasteiger partial charge is 0.343 e. The van der Waals surface area contributed by atoms with Crippen LogP contribution < -0.4 is 10.2 Å². The Hall–Kier alpha value is -2.56. The van der Waals surface area contributed by atoms with Gasteiger partial charge in [-0.3, -0.25) is 4.79 Å². The van der Waals surface area contributed by atoms with Crippen LogP contribution in [0.4, 0.5) is 17.1 Å². The van der Waals surface area contributed by atoms with E-state index in [0.717, 1.165) is 11.4 Å². The molecule has 3 rings (SSSR count). The van der Waals surface area contributed by atoms with Gasteiger partial charge in [-0.25, -0.2) is 4.98 Å². The maximum absolute atomic E-state index is 12.3. The van der Waals surface area contributed by atoms with Gasteiger partial charge in [0.05, 0.1) is 27.6 Å². The smallest absolute Gasteiger partial charge is 0.274 e. The quantitative estimate of drug-likeness (QED) is 0.666. The van der Waals surface area contributed by atoms with Gasteiger partial charge in [-0.15, -0.1) is 0 Å². The molecule has 0 radical (unpaired) electrons. The molecule has 25 heavy (non-hydrogen) atoms. The lowest BCUT2D eigenvalue weighted by Gasteiger charge is -2.19. The Bertz CT molecular complexity index is 883. The van der Waals surface area contributed by atoms with E-state index in [9.17, 15) is 4.79 Å². The van der Waals surface area contributed by atoms with E-state index >= 15 is 0 Å². The van der Waals surface area contributed by atoms with Gasteiger partial charge in [-0.1, -0.05) is 47.5 Å². The summed E-state index contributed by atoms with van der Waals surface area (Å²) in [4.78, 5) is 18.6. The van der Waals surface area contributed by atoms with Crippen LogP contribution in [0, 0.1) is 0 Å². The summed E-state index contributed by atoms with van der Waals surface area (Å²) < 4.78 is 0. The number of rotatable bonds is 4. The first kappa shape index (κ1) is 17.3. The highest BCUT2D eigenvalue weighted by molar-refractivity contribution is 6.44. The maximum Gasteiger partial charge on any atom is 0.274 e. The Kier molecular flexibility index (Phi) is 5.22. The van der Waals surface area contributed by atoms with Crippen LogP contribution in [0.15, 0.2) is 66.9 Å². The fraction of sp³-hybridized carbons (Fsp3) is 0.0526. The summed E-state index contributed by atoms with van der Waals surface area (Å²) in [5.41, 5.74) is 2.66. The third kappa shape index (κ3) is 3.92. The van der Waals surface area contributed by atoms with Crippen LogP contribution in [0.25, 0.3) is 0 Å². The summed E-state index contributed by atoms with van der Waals surface area (Å²) in [5.74, 6) is -0.349. The molecular formula is C19H15Cl2N3O. The standard InChI is InChI=1S/C19H15Cl2N3O/c1-24(13-6-3-2-4-7-13)14-10-11-17(22-12-14)19(25)23-16-9-5-8-15(20)18(16)21/h2-12H,1H3,(H,23,25). The van der Waals surface area contributed by atoms with Gasteiger partial charge in [-0.2, -0.15) is 0 Å². The molecule has 1 N–H and O–H groups in total. The molecule has 4 nitrogen and oxygen atoms in total. The maximum atomic E-state index is 12.3. The first-order valence-electron chi connectivity index (χ1n) is 7.56. The Balaban J connectivity index is 1.76. The summed E-state index contributed by atoms with van der Waals surface area (Å²) in [6, 6.07) is 18.5. The van der Waals surface area contributed by atoms with Crippen LogP contribution in [-0.4, -0.2) is 17.9 Å². The van der Waals surface area contributed by atoms with Crippen LogP contribution in [0.2, 0.25) is 10.0 Å². The van der Waals surface area contributed by atoms with Gasteiger partial charge >= 0.3 is 0 Å². The van der Waals surface area contributed by atoms with Crippen molar-refractivity contribution in [2.24, 2.45) is 0 Å². The monoisotopic (exact) mass is 371 g/mol. The number of halogens is 2. The van der Waals surface area contributed by atoms with E-state index in [1.807, 2.05) is 48.3 Å². The number of benzene rings is 2. The fourth-order valence-electron chi connectivity index (χ4n) is 2.31. The zero-order chi connectivity index (χ0) is 17.8. The van der Waals surface area contributed by atoms with Gasteiger partial charge < -0.3 is 10.2 Å². The number of aromatic nitrogens is 1. The number of para-hydroxylation sites is 1. The average molecular weight is 372 g/mol. The highest BCUT2D eigenvalue weighted by Crippen LogP contribution is 2.30. The summed E-state index contributed by atoms with van der Waals surface area (Å²) in [5, 5.41) is 3.40. The molecule has 3 aromatic rings. The van der Waals surface area contributed by atoms with Gasteiger partial charge in [0.15, 0.2) is 0 Å². The molecule has 6 heteroatoms. The molecule has 0 saturated carbocycles. The van der Waals surface area contributed by atoms with Crippen molar-refractivity contribution in [2.45, 2.75) is 0 Å². The Morgan fingerprint density at radius 1 is 0.960 bits per heavy atom. The molecule has 0 aliphatic carbocycles. The number of carbonyl (C=O) groups is 1. The third-order valence-electron chi connectivity index (χ3n) is 3.71. The van der Waals surface area contributed by atoms with Crippen molar-refractivity contribution in [2.75, 3.05) is 17.3 Å². The second-order valence-electron chi connectivity index (χ2n) is 5.35. The molecule has 1 amide bonds. The van der Waals surface area contributed by atoms with E-state index in [-0.39, 0.29) is 5.91 Å². The number of pyridine rings is 1. The SMILES string of the molecule is CN(c1ccccc1)c1ccc(C(=O)Nc2cccc(Cl)c2Cl)nc1. The Morgan fingerprint density at radius 2 is 1.72 bits per heavy atom. The average Bonchev–Trinajstić information content (AvgIpc) is 2.65. The van der Waals surface area contributed by atoms with Gasteiger partial charge in [0, 0.05) is 12.7 Å². The van der Waals surface area contributed by atoms with Crippen molar-refractivity contribution in [3.8, 4) is 0 Å². The van der Waals surface area contributed by atoms with Gasteiger partial charge in [0.25, 0.3) is 5.91 Å². The predicted molar refractivity (Wildman–Crippen MR) is 103 cm³/mol. The lowest BCUT2D eigenvalue weighted by molar-refractivity contribution is 0.102. The molecule has 0 atom stereocenters. The number of carbonyl (C=O) groups excluding carboxylic acids is 1. The van der Waals surface area contributed by atoms with Crippen molar-refractivity contribution in [1.29, 1.82) is 0 Å². The van der Waals surface area contributed by atoms with Crippen molar-refractivity contribution in [1.82, 2.24) is 4.98 Å². The summed E-state index contributed by atoms with van der Waals surface area (Å²) in [6.45, 7) is 0. The molecule has 0 spiro atoms. The van der Waals surface area contributed by atoms with Gasteiger partial charge in [0.2, 0.25) is 0 Å². The number of hydrogen-bond acceptors (Lipinski definition) is 3. The van der Waals surface area contributed by atoms with Crippen molar-refractivity contribution < 1.29 is 4.79 Å². The summed E-state index contributed by atoms with van der Waals surface area (Å²) >= 11 is 12.0. The van der Waals surface area contributed by atoms with E-state index in [4.69, 9.17) is 23.2 Å². The normalized spacial score (nSPS) is 10.4. The molecule has 0 fully saturated rings. The number of hydrogen-bond donors (Lipinski definition) is 1.